The summed E-state index contributed by atoms with van der Waals surface area (Å²) in [6, 6.07) is 12.6. The summed E-state index contributed by atoms with van der Waals surface area (Å²) < 4.78 is 2.23. The summed E-state index contributed by atoms with van der Waals surface area (Å²) in [5.41, 5.74) is 9.21. The van der Waals surface area contributed by atoms with Crippen LogP contribution in [0.25, 0.3) is 22.2 Å². The van der Waals surface area contributed by atoms with Gasteiger partial charge in [-0.25, -0.2) is 9.97 Å². The smallest absolute Gasteiger partial charge is 0.253 e. The normalized spacial score (nSPS) is 14.7. The van der Waals surface area contributed by atoms with E-state index in [0.29, 0.717) is 5.92 Å². The quantitative estimate of drug-likeness (QED) is 0.378. The number of carbonyl (C=O) groups is 1. The van der Waals surface area contributed by atoms with Crippen LogP contribution >= 0.6 is 0 Å². The molecule has 1 amide bonds. The van der Waals surface area contributed by atoms with Crippen LogP contribution in [0.3, 0.4) is 0 Å². The Morgan fingerprint density at radius 1 is 1.05 bits per heavy atom. The van der Waals surface area contributed by atoms with Crippen LogP contribution in [0.4, 0.5) is 5.82 Å². The van der Waals surface area contributed by atoms with Crippen LogP contribution in [-0.2, 0) is 13.6 Å². The van der Waals surface area contributed by atoms with Crippen molar-refractivity contribution in [3.8, 4) is 11.1 Å². The van der Waals surface area contributed by atoms with E-state index >= 15 is 0 Å². The number of amides is 1. The number of likely N-dealkylation sites (tertiary alicyclic amines) is 1. The number of nitrogens with zero attached hydrogens (tertiary/aromatic N) is 5. The van der Waals surface area contributed by atoms with Crippen molar-refractivity contribution in [2.45, 2.75) is 39.2 Å². The zero-order valence-corrected chi connectivity index (χ0v) is 23.4. The van der Waals surface area contributed by atoms with E-state index in [4.69, 9.17) is 4.98 Å². The lowest BCUT2D eigenvalue weighted by atomic mass is 9.83. The Morgan fingerprint density at radius 2 is 1.76 bits per heavy atom. The number of anilines is 1. The number of aromatic nitrogens is 3. The first-order valence-electron chi connectivity index (χ1n) is 13.4. The molecule has 7 nitrogen and oxygen atoms in total. The number of fused-ring (bicyclic) bond motifs is 1. The summed E-state index contributed by atoms with van der Waals surface area (Å²) in [6.45, 7) is 7.33. The highest BCUT2D eigenvalue weighted by molar-refractivity contribution is 5.95. The van der Waals surface area contributed by atoms with Gasteiger partial charge in [0.2, 0.25) is 0 Å². The van der Waals surface area contributed by atoms with Crippen molar-refractivity contribution in [1.29, 1.82) is 0 Å². The highest BCUT2D eigenvalue weighted by atomic mass is 16.2. The standard InChI is InChI=1S/C31H38N6O/c1-20-15-24(31(38)35(4)5)16-21(2)29(20)22-10-13-37(14-11-22)19-25-17-27-26(9-12-33-30(27)36(25)6)23-7-8-28(32-3)34-18-23/h7-9,12,15-18,22H,10-11,13-14,19H2,1-6H3,(H,32,34). The summed E-state index contributed by atoms with van der Waals surface area (Å²) >= 11 is 0. The molecule has 1 N–H and O–H groups in total. The number of hydrogen-bond donors (Lipinski definition) is 1. The molecule has 38 heavy (non-hydrogen) atoms. The van der Waals surface area contributed by atoms with Crippen molar-refractivity contribution in [3.05, 3.63) is 76.7 Å². The van der Waals surface area contributed by atoms with E-state index in [1.807, 2.05) is 39.6 Å². The second kappa shape index (κ2) is 10.6. The van der Waals surface area contributed by atoms with Gasteiger partial charge in [0.1, 0.15) is 11.5 Å². The Hall–Kier alpha value is -3.71. The first-order valence-corrected chi connectivity index (χ1v) is 13.4. The SMILES string of the molecule is CNc1ccc(-c2ccnc3c2cc(CN2CCC(c4c(C)cc(C(=O)N(C)C)cc4C)CC2)n3C)cn1. The van der Waals surface area contributed by atoms with Gasteiger partial charge in [-0.3, -0.25) is 9.69 Å². The Balaban J connectivity index is 1.31. The van der Waals surface area contributed by atoms with Gasteiger partial charge in [-0.05, 0) is 104 Å². The number of aryl methyl sites for hydroxylation is 3. The third-order valence-electron chi connectivity index (χ3n) is 7.99. The Bertz CT molecular complexity index is 1440. The lowest BCUT2D eigenvalue weighted by Gasteiger charge is -2.33. The van der Waals surface area contributed by atoms with E-state index in [1.165, 1.54) is 22.4 Å². The molecule has 1 aliphatic heterocycles. The van der Waals surface area contributed by atoms with Crippen molar-refractivity contribution in [3.63, 3.8) is 0 Å². The summed E-state index contributed by atoms with van der Waals surface area (Å²) in [6.07, 6.45) is 6.06. The number of hydrogen-bond acceptors (Lipinski definition) is 5. The van der Waals surface area contributed by atoms with Crippen LogP contribution in [0.5, 0.6) is 0 Å². The number of piperidine rings is 1. The van der Waals surface area contributed by atoms with Gasteiger partial charge in [-0.1, -0.05) is 0 Å². The maximum Gasteiger partial charge on any atom is 0.253 e. The van der Waals surface area contributed by atoms with Crippen LogP contribution in [-0.4, -0.2) is 64.5 Å². The molecule has 0 aliphatic carbocycles. The third-order valence-corrected chi connectivity index (χ3v) is 7.99. The van der Waals surface area contributed by atoms with Crippen LogP contribution in [0.1, 0.15) is 51.5 Å². The molecule has 4 heterocycles. The topological polar surface area (TPSA) is 66.3 Å². The average molecular weight is 511 g/mol. The fourth-order valence-electron chi connectivity index (χ4n) is 5.98. The fraction of sp³-hybridized carbons (Fsp3) is 0.387. The number of nitrogens with one attached hydrogen (secondary N) is 1. The first-order chi connectivity index (χ1) is 18.3. The van der Waals surface area contributed by atoms with Crippen LogP contribution in [0.15, 0.2) is 48.8 Å². The fourth-order valence-corrected chi connectivity index (χ4v) is 5.98. The second-order valence-corrected chi connectivity index (χ2v) is 10.7. The summed E-state index contributed by atoms with van der Waals surface area (Å²) in [4.78, 5) is 25.9. The van der Waals surface area contributed by atoms with E-state index in [0.717, 1.165) is 66.0 Å². The predicted molar refractivity (Wildman–Crippen MR) is 155 cm³/mol. The molecule has 0 atom stereocenters. The molecule has 1 fully saturated rings. The molecule has 1 saturated heterocycles. The molecule has 5 rings (SSSR count). The maximum atomic E-state index is 12.5. The molecule has 0 bridgehead atoms. The molecule has 1 aliphatic rings. The molecule has 0 radical (unpaired) electrons. The minimum absolute atomic E-state index is 0.0661. The number of carbonyl (C=O) groups excluding carboxylic acids is 1. The summed E-state index contributed by atoms with van der Waals surface area (Å²) in [5, 5.41) is 4.25. The van der Waals surface area contributed by atoms with Gasteiger partial charge in [0.15, 0.2) is 0 Å². The molecular formula is C31H38N6O. The minimum atomic E-state index is 0.0661. The average Bonchev–Trinajstić information content (AvgIpc) is 3.23. The predicted octanol–water partition coefficient (Wildman–Crippen LogP) is 5.38. The van der Waals surface area contributed by atoms with Gasteiger partial charge in [0, 0.05) is 69.3 Å². The third kappa shape index (κ3) is 4.90. The van der Waals surface area contributed by atoms with Crippen molar-refractivity contribution in [1.82, 2.24) is 24.3 Å². The molecule has 198 valence electrons. The van der Waals surface area contributed by atoms with Crippen molar-refractivity contribution < 1.29 is 4.79 Å². The highest BCUT2D eigenvalue weighted by Crippen LogP contribution is 2.35. The summed E-state index contributed by atoms with van der Waals surface area (Å²) in [5.74, 6) is 1.46. The Labute approximate surface area is 225 Å². The molecule has 7 heteroatoms. The Kier molecular flexibility index (Phi) is 7.21. The molecular weight excluding hydrogens is 472 g/mol. The highest BCUT2D eigenvalue weighted by Gasteiger charge is 2.25. The van der Waals surface area contributed by atoms with Crippen molar-refractivity contribution in [2.24, 2.45) is 7.05 Å². The van der Waals surface area contributed by atoms with Gasteiger partial charge in [0.05, 0.1) is 0 Å². The molecule has 0 spiro atoms. The molecule has 0 saturated carbocycles. The number of benzene rings is 1. The minimum Gasteiger partial charge on any atom is -0.373 e. The van der Waals surface area contributed by atoms with Gasteiger partial charge in [-0.15, -0.1) is 0 Å². The van der Waals surface area contributed by atoms with E-state index in [9.17, 15) is 4.79 Å². The van der Waals surface area contributed by atoms with Crippen LogP contribution < -0.4 is 5.32 Å². The molecule has 4 aromatic rings. The van der Waals surface area contributed by atoms with Gasteiger partial charge >= 0.3 is 0 Å². The molecule has 0 unspecified atom stereocenters. The van der Waals surface area contributed by atoms with Gasteiger partial charge in [0.25, 0.3) is 5.91 Å². The van der Waals surface area contributed by atoms with Gasteiger partial charge < -0.3 is 14.8 Å². The van der Waals surface area contributed by atoms with Crippen LogP contribution in [0.2, 0.25) is 0 Å². The lowest BCUT2D eigenvalue weighted by Crippen LogP contribution is -2.33. The number of rotatable bonds is 6. The van der Waals surface area contributed by atoms with E-state index < -0.39 is 0 Å². The van der Waals surface area contributed by atoms with Crippen LogP contribution in [0, 0.1) is 13.8 Å². The van der Waals surface area contributed by atoms with Crippen molar-refractivity contribution in [2.75, 3.05) is 39.5 Å². The van der Waals surface area contributed by atoms with E-state index in [2.05, 4.69) is 71.0 Å². The van der Waals surface area contributed by atoms with Crippen molar-refractivity contribution >= 4 is 22.8 Å². The van der Waals surface area contributed by atoms with E-state index in [-0.39, 0.29) is 5.91 Å². The molecule has 1 aromatic carbocycles. The monoisotopic (exact) mass is 510 g/mol. The second-order valence-electron chi connectivity index (χ2n) is 10.7. The van der Waals surface area contributed by atoms with E-state index in [1.54, 1.807) is 4.90 Å². The molecule has 3 aromatic heterocycles. The zero-order chi connectivity index (χ0) is 27.0. The van der Waals surface area contributed by atoms with Gasteiger partial charge in [-0.2, -0.15) is 0 Å². The number of pyridine rings is 2. The summed E-state index contributed by atoms with van der Waals surface area (Å²) in [7, 11) is 7.61. The largest absolute Gasteiger partial charge is 0.373 e. The Morgan fingerprint density at radius 3 is 2.37 bits per heavy atom. The lowest BCUT2D eigenvalue weighted by molar-refractivity contribution is 0.0827. The zero-order valence-electron chi connectivity index (χ0n) is 23.4. The maximum absolute atomic E-state index is 12.5. The first kappa shape index (κ1) is 25.9.